The van der Waals surface area contributed by atoms with Crippen molar-refractivity contribution in [3.05, 3.63) is 16.9 Å². The Kier molecular flexibility index (Phi) is 7.25. The van der Waals surface area contributed by atoms with Gasteiger partial charge in [-0.05, 0) is 6.92 Å². The van der Waals surface area contributed by atoms with Gasteiger partial charge in [0.1, 0.15) is 5.78 Å². The summed E-state index contributed by atoms with van der Waals surface area (Å²) in [5.41, 5.74) is 0.651. The van der Waals surface area contributed by atoms with E-state index >= 15 is 0 Å². The molecule has 20 heavy (non-hydrogen) atoms. The lowest BCUT2D eigenvalue weighted by Crippen LogP contribution is -2.14. The molecular weight excluding hydrogens is 284 g/mol. The lowest BCUT2D eigenvalue weighted by molar-refractivity contribution is -0.144. The van der Waals surface area contributed by atoms with Crippen LogP contribution in [0.5, 0.6) is 0 Å². The van der Waals surface area contributed by atoms with Gasteiger partial charge in [-0.3, -0.25) is 14.3 Å². The molecule has 0 aliphatic carbocycles. The zero-order valence-electron chi connectivity index (χ0n) is 11.7. The second-order valence-electron chi connectivity index (χ2n) is 4.18. The number of esters is 1. The molecule has 0 aliphatic heterocycles. The van der Waals surface area contributed by atoms with Crippen LogP contribution in [0.3, 0.4) is 0 Å². The number of ketones is 1. The molecule has 0 radical (unpaired) electrons. The Labute approximate surface area is 123 Å². The first kappa shape index (κ1) is 16.7. The molecule has 0 spiro atoms. The Morgan fingerprint density at radius 2 is 2.15 bits per heavy atom. The minimum Gasteiger partial charge on any atom is -0.466 e. The molecule has 1 aromatic rings. The number of methoxy groups -OCH3 is 1. The monoisotopic (exact) mass is 302 g/mol. The van der Waals surface area contributed by atoms with Gasteiger partial charge in [0.05, 0.1) is 43.1 Å². The van der Waals surface area contributed by atoms with Crippen molar-refractivity contribution in [3.8, 4) is 0 Å². The van der Waals surface area contributed by atoms with Crippen molar-refractivity contribution in [3.63, 3.8) is 0 Å². The first-order valence-electron chi connectivity index (χ1n) is 6.44. The van der Waals surface area contributed by atoms with Crippen molar-refractivity contribution in [2.45, 2.75) is 32.7 Å². The number of aromatic nitrogens is 2. The molecule has 0 bridgehead atoms. The molecule has 0 fully saturated rings. The number of hydrogen-bond donors (Lipinski definition) is 0. The van der Waals surface area contributed by atoms with Gasteiger partial charge >= 0.3 is 5.97 Å². The van der Waals surface area contributed by atoms with Crippen LogP contribution in [0.2, 0.25) is 5.02 Å². The molecule has 7 heteroatoms. The molecule has 0 N–H and O–H groups in total. The van der Waals surface area contributed by atoms with Crippen LogP contribution in [0.4, 0.5) is 0 Å². The van der Waals surface area contributed by atoms with Crippen molar-refractivity contribution in [1.29, 1.82) is 0 Å². The lowest BCUT2D eigenvalue weighted by atomic mass is 10.1. The Hall–Kier alpha value is -1.40. The summed E-state index contributed by atoms with van der Waals surface area (Å²) in [7, 11) is 1.59. The third-order valence-corrected chi connectivity index (χ3v) is 3.00. The molecule has 6 nitrogen and oxygen atoms in total. The summed E-state index contributed by atoms with van der Waals surface area (Å²) >= 11 is 6.01. The van der Waals surface area contributed by atoms with Crippen LogP contribution in [0.1, 0.15) is 25.5 Å². The van der Waals surface area contributed by atoms with E-state index in [0.29, 0.717) is 30.5 Å². The fraction of sp³-hybridized carbons (Fsp3) is 0.615. The van der Waals surface area contributed by atoms with Crippen LogP contribution in [0.15, 0.2) is 6.20 Å². The van der Waals surface area contributed by atoms with Gasteiger partial charge in [0.25, 0.3) is 0 Å². The predicted molar refractivity (Wildman–Crippen MR) is 73.7 cm³/mol. The molecule has 0 unspecified atom stereocenters. The SMILES string of the molecule is CCOC(=O)CCC(=O)Cc1c(Cl)cnn1CCOC. The van der Waals surface area contributed by atoms with Gasteiger partial charge in [-0.25, -0.2) is 0 Å². The smallest absolute Gasteiger partial charge is 0.306 e. The van der Waals surface area contributed by atoms with Gasteiger partial charge in [0.15, 0.2) is 0 Å². The van der Waals surface area contributed by atoms with Crippen LogP contribution in [-0.2, 0) is 32.0 Å². The van der Waals surface area contributed by atoms with E-state index in [0.717, 1.165) is 0 Å². The Balaban J connectivity index is 2.52. The average Bonchev–Trinajstić information content (AvgIpc) is 2.76. The number of hydrogen-bond acceptors (Lipinski definition) is 5. The third-order valence-electron chi connectivity index (χ3n) is 2.68. The number of ether oxygens (including phenoxy) is 2. The molecule has 0 atom stereocenters. The normalized spacial score (nSPS) is 10.6. The van der Waals surface area contributed by atoms with E-state index in [2.05, 4.69) is 5.10 Å². The van der Waals surface area contributed by atoms with E-state index in [-0.39, 0.29) is 31.0 Å². The summed E-state index contributed by atoms with van der Waals surface area (Å²) in [5.74, 6) is -0.432. The van der Waals surface area contributed by atoms with E-state index < -0.39 is 0 Å². The minimum atomic E-state index is -0.361. The van der Waals surface area contributed by atoms with Gasteiger partial charge in [-0.1, -0.05) is 11.6 Å². The van der Waals surface area contributed by atoms with Crippen LogP contribution in [-0.4, -0.2) is 41.9 Å². The van der Waals surface area contributed by atoms with E-state index in [9.17, 15) is 9.59 Å². The molecule has 1 rings (SSSR count). The Morgan fingerprint density at radius 1 is 1.40 bits per heavy atom. The predicted octanol–water partition coefficient (Wildman–Crippen LogP) is 1.64. The fourth-order valence-electron chi connectivity index (χ4n) is 1.68. The van der Waals surface area contributed by atoms with Crippen LogP contribution < -0.4 is 0 Å². The van der Waals surface area contributed by atoms with Crippen molar-refractivity contribution in [1.82, 2.24) is 9.78 Å². The highest BCUT2D eigenvalue weighted by Crippen LogP contribution is 2.16. The minimum absolute atomic E-state index is 0.0703. The van der Waals surface area contributed by atoms with Crippen molar-refractivity contribution in [2.75, 3.05) is 20.3 Å². The fourth-order valence-corrected chi connectivity index (χ4v) is 1.89. The summed E-state index contributed by atoms with van der Waals surface area (Å²) in [4.78, 5) is 23.0. The third kappa shape index (κ3) is 5.30. The topological polar surface area (TPSA) is 70.4 Å². The summed E-state index contributed by atoms with van der Waals surface area (Å²) in [5, 5.41) is 4.54. The van der Waals surface area contributed by atoms with Crippen LogP contribution in [0, 0.1) is 0 Å². The maximum Gasteiger partial charge on any atom is 0.306 e. The summed E-state index contributed by atoms with van der Waals surface area (Å²) in [6.45, 7) is 3.07. The Morgan fingerprint density at radius 3 is 2.80 bits per heavy atom. The molecule has 0 aromatic carbocycles. The molecule has 1 heterocycles. The number of rotatable bonds is 9. The molecule has 1 aromatic heterocycles. The van der Waals surface area contributed by atoms with E-state index in [1.165, 1.54) is 6.20 Å². The molecule has 0 aliphatic rings. The van der Waals surface area contributed by atoms with Crippen LogP contribution >= 0.6 is 11.6 Å². The number of Topliss-reactive ketones (excluding diaryl/α,β-unsaturated/α-hetero) is 1. The van der Waals surface area contributed by atoms with Crippen molar-refractivity contribution in [2.24, 2.45) is 0 Å². The lowest BCUT2D eigenvalue weighted by Gasteiger charge is -2.07. The highest BCUT2D eigenvalue weighted by atomic mass is 35.5. The second-order valence-corrected chi connectivity index (χ2v) is 4.58. The highest BCUT2D eigenvalue weighted by molar-refractivity contribution is 6.31. The van der Waals surface area contributed by atoms with Crippen molar-refractivity contribution >= 4 is 23.4 Å². The van der Waals surface area contributed by atoms with Gasteiger partial charge in [0.2, 0.25) is 0 Å². The Bertz CT molecular complexity index is 459. The van der Waals surface area contributed by atoms with Gasteiger partial charge in [-0.2, -0.15) is 5.10 Å². The average molecular weight is 303 g/mol. The molecule has 0 saturated heterocycles. The molecule has 0 saturated carbocycles. The van der Waals surface area contributed by atoms with Gasteiger partial charge < -0.3 is 9.47 Å². The standard InChI is InChI=1S/C13H19ClN2O4/c1-3-20-13(18)5-4-10(17)8-12-11(14)9-15-16(12)6-7-19-2/h9H,3-8H2,1-2H3. The number of carbonyl (C=O) groups excluding carboxylic acids is 2. The quantitative estimate of drug-likeness (QED) is 0.649. The zero-order valence-corrected chi connectivity index (χ0v) is 12.5. The van der Waals surface area contributed by atoms with Crippen LogP contribution in [0.25, 0.3) is 0 Å². The first-order valence-corrected chi connectivity index (χ1v) is 6.82. The summed E-state index contributed by atoms with van der Waals surface area (Å²) in [6.07, 6.45) is 1.90. The van der Waals surface area contributed by atoms with E-state index in [1.54, 1.807) is 18.7 Å². The van der Waals surface area contributed by atoms with Gasteiger partial charge in [-0.15, -0.1) is 0 Å². The van der Waals surface area contributed by atoms with E-state index in [1.807, 2.05) is 0 Å². The highest BCUT2D eigenvalue weighted by Gasteiger charge is 2.15. The largest absolute Gasteiger partial charge is 0.466 e. The summed E-state index contributed by atoms with van der Waals surface area (Å²) in [6, 6.07) is 0. The zero-order chi connectivity index (χ0) is 15.0. The number of halogens is 1. The number of nitrogens with zero attached hydrogens (tertiary/aromatic N) is 2. The number of carbonyl (C=O) groups is 2. The first-order chi connectivity index (χ1) is 9.58. The van der Waals surface area contributed by atoms with E-state index in [4.69, 9.17) is 21.1 Å². The van der Waals surface area contributed by atoms with Crippen molar-refractivity contribution < 1.29 is 19.1 Å². The molecule has 0 amide bonds. The summed E-state index contributed by atoms with van der Waals surface area (Å²) < 4.78 is 11.4. The maximum absolute atomic E-state index is 11.9. The second kappa shape index (κ2) is 8.71. The molecule has 112 valence electrons. The van der Waals surface area contributed by atoms with Gasteiger partial charge in [0, 0.05) is 20.0 Å². The maximum atomic E-state index is 11.9. The molecular formula is C13H19ClN2O4.